The standard InChI is InChI=1S/C27H33N3O6/c1-34-23-9-8-21(18-24(23)35-2)27(33)30-16-14-29(15-17-30)26(32)20-10-12-28(13-11-20)25(31)19-36-22-6-4-3-5-7-22/h3-9,18,20H,10-17,19H2,1-2H3. The number of nitrogens with zero attached hydrogens (tertiary/aromatic N) is 3. The van der Waals surface area contributed by atoms with Crippen molar-refractivity contribution in [1.29, 1.82) is 0 Å². The van der Waals surface area contributed by atoms with Gasteiger partial charge in [-0.1, -0.05) is 18.2 Å². The van der Waals surface area contributed by atoms with E-state index in [1.54, 1.807) is 35.1 Å². The van der Waals surface area contributed by atoms with E-state index >= 15 is 0 Å². The maximum atomic E-state index is 13.1. The Bertz CT molecular complexity index is 1060. The van der Waals surface area contributed by atoms with Crippen molar-refractivity contribution in [2.45, 2.75) is 12.8 Å². The lowest BCUT2D eigenvalue weighted by atomic mass is 9.95. The summed E-state index contributed by atoms with van der Waals surface area (Å²) < 4.78 is 16.1. The van der Waals surface area contributed by atoms with Gasteiger partial charge in [0.1, 0.15) is 5.75 Å². The molecule has 192 valence electrons. The third-order valence-electron chi connectivity index (χ3n) is 6.81. The zero-order valence-electron chi connectivity index (χ0n) is 20.9. The molecule has 0 spiro atoms. The molecule has 3 amide bonds. The highest BCUT2D eigenvalue weighted by atomic mass is 16.5. The molecule has 36 heavy (non-hydrogen) atoms. The number of rotatable bonds is 7. The molecule has 0 N–H and O–H groups in total. The van der Waals surface area contributed by atoms with Crippen LogP contribution in [-0.2, 0) is 9.59 Å². The van der Waals surface area contributed by atoms with Crippen LogP contribution in [0.4, 0.5) is 0 Å². The Morgan fingerprint density at radius 2 is 1.42 bits per heavy atom. The molecule has 0 aromatic heterocycles. The van der Waals surface area contributed by atoms with Gasteiger partial charge in [-0.3, -0.25) is 14.4 Å². The van der Waals surface area contributed by atoms with Crippen molar-refractivity contribution >= 4 is 17.7 Å². The highest BCUT2D eigenvalue weighted by Gasteiger charge is 2.32. The quantitative estimate of drug-likeness (QED) is 0.586. The lowest BCUT2D eigenvalue weighted by Gasteiger charge is -2.38. The third kappa shape index (κ3) is 5.90. The number of carbonyl (C=O) groups is 3. The summed E-state index contributed by atoms with van der Waals surface area (Å²) in [6.07, 6.45) is 1.28. The molecule has 2 aromatic rings. The van der Waals surface area contributed by atoms with Gasteiger partial charge in [-0.05, 0) is 43.2 Å². The highest BCUT2D eigenvalue weighted by Crippen LogP contribution is 2.28. The van der Waals surface area contributed by atoms with E-state index in [0.717, 1.165) is 0 Å². The number of methoxy groups -OCH3 is 2. The third-order valence-corrected chi connectivity index (χ3v) is 6.81. The molecule has 2 fully saturated rings. The Morgan fingerprint density at radius 1 is 0.778 bits per heavy atom. The van der Waals surface area contributed by atoms with E-state index in [4.69, 9.17) is 14.2 Å². The van der Waals surface area contributed by atoms with Crippen LogP contribution in [0.2, 0.25) is 0 Å². The fourth-order valence-corrected chi connectivity index (χ4v) is 4.67. The first-order valence-corrected chi connectivity index (χ1v) is 12.3. The number of piperazine rings is 1. The number of benzene rings is 2. The van der Waals surface area contributed by atoms with Crippen molar-refractivity contribution in [3.63, 3.8) is 0 Å². The molecular formula is C27H33N3O6. The van der Waals surface area contributed by atoms with Crippen LogP contribution in [0.3, 0.4) is 0 Å². The van der Waals surface area contributed by atoms with Crippen molar-refractivity contribution < 1.29 is 28.6 Å². The second-order valence-corrected chi connectivity index (χ2v) is 8.94. The molecular weight excluding hydrogens is 462 g/mol. The van der Waals surface area contributed by atoms with Gasteiger partial charge in [0.25, 0.3) is 11.8 Å². The van der Waals surface area contributed by atoms with E-state index in [2.05, 4.69) is 0 Å². The summed E-state index contributed by atoms with van der Waals surface area (Å²) in [5.74, 6) is 1.60. The van der Waals surface area contributed by atoms with Crippen LogP contribution in [0.1, 0.15) is 23.2 Å². The van der Waals surface area contributed by atoms with Gasteiger partial charge in [-0.15, -0.1) is 0 Å². The van der Waals surface area contributed by atoms with Crippen LogP contribution in [0, 0.1) is 5.92 Å². The van der Waals surface area contributed by atoms with Gasteiger partial charge in [0.05, 0.1) is 14.2 Å². The number of carbonyl (C=O) groups excluding carboxylic acids is 3. The van der Waals surface area contributed by atoms with Crippen LogP contribution in [0.5, 0.6) is 17.2 Å². The first kappa shape index (κ1) is 25.3. The van der Waals surface area contributed by atoms with Crippen LogP contribution in [0.15, 0.2) is 48.5 Å². The summed E-state index contributed by atoms with van der Waals surface area (Å²) in [6.45, 7) is 3.05. The summed E-state index contributed by atoms with van der Waals surface area (Å²) in [5.41, 5.74) is 0.528. The molecule has 2 heterocycles. The van der Waals surface area contributed by atoms with Crippen molar-refractivity contribution in [1.82, 2.24) is 14.7 Å². The van der Waals surface area contributed by atoms with Gasteiger partial charge in [0, 0.05) is 50.7 Å². The smallest absolute Gasteiger partial charge is 0.260 e. The van der Waals surface area contributed by atoms with Crippen LogP contribution >= 0.6 is 0 Å². The number of likely N-dealkylation sites (tertiary alicyclic amines) is 1. The normalized spacial score (nSPS) is 16.4. The fourth-order valence-electron chi connectivity index (χ4n) is 4.67. The average Bonchev–Trinajstić information content (AvgIpc) is 2.95. The summed E-state index contributed by atoms with van der Waals surface area (Å²) in [5, 5.41) is 0. The first-order chi connectivity index (χ1) is 17.5. The molecule has 2 saturated heterocycles. The topological polar surface area (TPSA) is 88.6 Å². The fraction of sp³-hybridized carbons (Fsp3) is 0.444. The molecule has 0 radical (unpaired) electrons. The molecule has 0 bridgehead atoms. The number of hydrogen-bond donors (Lipinski definition) is 0. The molecule has 2 aliphatic rings. The zero-order chi connectivity index (χ0) is 25.5. The SMILES string of the molecule is COc1ccc(C(=O)N2CCN(C(=O)C3CCN(C(=O)COc4ccccc4)CC3)CC2)cc1OC. The largest absolute Gasteiger partial charge is 0.493 e. The predicted molar refractivity (Wildman–Crippen MR) is 133 cm³/mol. The van der Waals surface area contributed by atoms with Crippen molar-refractivity contribution in [2.24, 2.45) is 5.92 Å². The second kappa shape index (κ2) is 11.8. The minimum Gasteiger partial charge on any atom is -0.493 e. The Kier molecular flexibility index (Phi) is 8.30. The van der Waals surface area contributed by atoms with Gasteiger partial charge in [0.2, 0.25) is 5.91 Å². The van der Waals surface area contributed by atoms with E-state index in [1.165, 1.54) is 7.11 Å². The number of ether oxygens (including phenoxy) is 3. The molecule has 0 saturated carbocycles. The lowest BCUT2D eigenvalue weighted by Crippen LogP contribution is -2.53. The Morgan fingerprint density at radius 3 is 2.06 bits per heavy atom. The lowest BCUT2D eigenvalue weighted by molar-refractivity contribution is -0.142. The van der Waals surface area contributed by atoms with Gasteiger partial charge in [0.15, 0.2) is 18.1 Å². The molecule has 2 aliphatic heterocycles. The summed E-state index contributed by atoms with van der Waals surface area (Å²) in [4.78, 5) is 43.9. The van der Waals surface area contributed by atoms with Gasteiger partial charge >= 0.3 is 0 Å². The number of piperidine rings is 1. The number of hydrogen-bond acceptors (Lipinski definition) is 6. The van der Waals surface area contributed by atoms with Crippen molar-refractivity contribution in [3.8, 4) is 17.2 Å². The monoisotopic (exact) mass is 495 g/mol. The number of amides is 3. The summed E-state index contributed by atoms with van der Waals surface area (Å²) >= 11 is 0. The summed E-state index contributed by atoms with van der Waals surface area (Å²) in [7, 11) is 3.09. The molecule has 9 nitrogen and oxygen atoms in total. The van der Waals surface area contributed by atoms with Crippen LogP contribution in [-0.4, -0.2) is 92.5 Å². The van der Waals surface area contributed by atoms with E-state index in [-0.39, 0.29) is 30.2 Å². The Hall–Kier alpha value is -3.75. The van der Waals surface area contributed by atoms with Crippen LogP contribution < -0.4 is 14.2 Å². The number of para-hydroxylation sites is 1. The molecule has 2 aromatic carbocycles. The van der Waals surface area contributed by atoms with E-state index in [1.807, 2.05) is 35.2 Å². The van der Waals surface area contributed by atoms with Crippen LogP contribution in [0.25, 0.3) is 0 Å². The van der Waals surface area contributed by atoms with Gasteiger partial charge < -0.3 is 28.9 Å². The van der Waals surface area contributed by atoms with Crippen molar-refractivity contribution in [3.05, 3.63) is 54.1 Å². The van der Waals surface area contributed by atoms with E-state index in [9.17, 15) is 14.4 Å². The maximum absolute atomic E-state index is 13.1. The predicted octanol–water partition coefficient (Wildman–Crippen LogP) is 2.31. The highest BCUT2D eigenvalue weighted by molar-refractivity contribution is 5.95. The Labute approximate surface area is 211 Å². The van der Waals surface area contributed by atoms with Gasteiger partial charge in [-0.25, -0.2) is 0 Å². The molecule has 9 heteroatoms. The first-order valence-electron chi connectivity index (χ1n) is 12.3. The Balaban J connectivity index is 1.22. The average molecular weight is 496 g/mol. The van der Waals surface area contributed by atoms with E-state index < -0.39 is 0 Å². The minimum atomic E-state index is -0.0998. The van der Waals surface area contributed by atoms with Crippen molar-refractivity contribution in [2.75, 3.05) is 60.1 Å². The zero-order valence-corrected chi connectivity index (χ0v) is 20.9. The molecule has 0 aliphatic carbocycles. The molecule has 0 atom stereocenters. The van der Waals surface area contributed by atoms with Gasteiger partial charge in [-0.2, -0.15) is 0 Å². The second-order valence-electron chi connectivity index (χ2n) is 8.94. The van der Waals surface area contributed by atoms with E-state index in [0.29, 0.717) is 74.9 Å². The maximum Gasteiger partial charge on any atom is 0.260 e. The summed E-state index contributed by atoms with van der Waals surface area (Å²) in [6, 6.07) is 14.4. The molecule has 4 rings (SSSR count). The minimum absolute atomic E-state index is 0.00130. The molecule has 0 unspecified atom stereocenters.